The number of carbonyl (C=O) groups is 4. The highest BCUT2D eigenvalue weighted by atomic mass is 16.6. The first-order chi connectivity index (χ1) is 18.2. The number of fused-ring (bicyclic) bond motifs is 2. The van der Waals surface area contributed by atoms with E-state index in [1.807, 2.05) is 13.8 Å². The maximum absolute atomic E-state index is 13.5. The number of ether oxygens (including phenoxy) is 4. The van der Waals surface area contributed by atoms with Crippen LogP contribution in [0, 0.1) is 34.5 Å². The summed E-state index contributed by atoms with van der Waals surface area (Å²) in [6, 6.07) is 0. The zero-order chi connectivity index (χ0) is 28.8. The van der Waals surface area contributed by atoms with Crippen molar-refractivity contribution in [2.45, 2.75) is 77.5 Å². The average molecular weight is 549 g/mol. The smallest absolute Gasteiger partial charge is 0.348 e. The molecule has 11 heteroatoms. The standard InChI is InChI=1S/C28H36O11/c1-11(2)12(3)7-17(30)39-20-22-27-10-37-28(22,25(35)36-6)23(33)19(32)21(27)26(5)9-15(29)18(31)13(4)14(26)8-16(27)38-24(20)34/h7,11,14,16,19-23,31-33H,8-10H2,1-6H3/b12-7+/t14-,16+,19+,20+,21+,22+,23-,26-,27+,28?/m0/s1. The second-order valence-electron chi connectivity index (χ2n) is 12.3. The quantitative estimate of drug-likeness (QED) is 0.262. The third kappa shape index (κ3) is 3.39. The monoisotopic (exact) mass is 548 g/mol. The Morgan fingerprint density at radius 3 is 2.46 bits per heavy atom. The van der Waals surface area contributed by atoms with Crippen LogP contribution in [0.3, 0.4) is 0 Å². The van der Waals surface area contributed by atoms with Gasteiger partial charge in [-0.05, 0) is 43.1 Å². The van der Waals surface area contributed by atoms with Crippen LogP contribution in [-0.4, -0.2) is 82.7 Å². The highest BCUT2D eigenvalue weighted by molar-refractivity contribution is 5.95. The normalized spacial score (nSPS) is 44.9. The Hall–Kier alpha value is -2.76. The van der Waals surface area contributed by atoms with Crippen LogP contribution < -0.4 is 0 Å². The molecule has 0 aromatic heterocycles. The van der Waals surface area contributed by atoms with Crippen LogP contribution in [0.4, 0.5) is 0 Å². The second-order valence-corrected chi connectivity index (χ2v) is 12.3. The molecule has 214 valence electrons. The van der Waals surface area contributed by atoms with E-state index in [-0.39, 0.29) is 31.1 Å². The van der Waals surface area contributed by atoms with Crippen molar-refractivity contribution in [1.82, 2.24) is 0 Å². The van der Waals surface area contributed by atoms with Crippen LogP contribution >= 0.6 is 0 Å². The maximum atomic E-state index is 13.5. The first kappa shape index (κ1) is 27.8. The Labute approximate surface area is 226 Å². The molecule has 2 heterocycles. The summed E-state index contributed by atoms with van der Waals surface area (Å²) in [7, 11) is 1.10. The molecule has 3 aliphatic carbocycles. The van der Waals surface area contributed by atoms with Crippen LogP contribution in [0.1, 0.15) is 47.5 Å². The molecule has 2 saturated carbocycles. The van der Waals surface area contributed by atoms with Crippen molar-refractivity contribution in [1.29, 1.82) is 0 Å². The van der Waals surface area contributed by atoms with Crippen LogP contribution in [0.2, 0.25) is 0 Å². The largest absolute Gasteiger partial charge is 0.504 e. The Bertz CT molecular complexity index is 1200. The number of hydrogen-bond donors (Lipinski definition) is 3. The van der Waals surface area contributed by atoms with Crippen molar-refractivity contribution < 1.29 is 53.4 Å². The molecular formula is C28H36O11. The number of aliphatic hydroxyl groups excluding tert-OH is 3. The zero-order valence-corrected chi connectivity index (χ0v) is 22.9. The van der Waals surface area contributed by atoms with Crippen LogP contribution in [0.25, 0.3) is 0 Å². The van der Waals surface area contributed by atoms with Crippen molar-refractivity contribution in [3.8, 4) is 0 Å². The molecule has 10 atom stereocenters. The number of ketones is 1. The van der Waals surface area contributed by atoms with Gasteiger partial charge in [0.1, 0.15) is 12.2 Å². The van der Waals surface area contributed by atoms with Gasteiger partial charge in [0.05, 0.1) is 25.7 Å². The minimum Gasteiger partial charge on any atom is -0.504 e. The maximum Gasteiger partial charge on any atom is 0.348 e. The van der Waals surface area contributed by atoms with E-state index in [9.17, 15) is 34.5 Å². The lowest BCUT2D eigenvalue weighted by molar-refractivity contribution is -0.290. The van der Waals surface area contributed by atoms with Crippen molar-refractivity contribution in [3.63, 3.8) is 0 Å². The number of esters is 3. The summed E-state index contributed by atoms with van der Waals surface area (Å²) < 4.78 is 22.7. The van der Waals surface area contributed by atoms with Gasteiger partial charge in [0.2, 0.25) is 11.7 Å². The summed E-state index contributed by atoms with van der Waals surface area (Å²) in [6.45, 7) is 8.72. The lowest BCUT2D eigenvalue weighted by Crippen LogP contribution is -2.79. The van der Waals surface area contributed by atoms with Crippen molar-refractivity contribution >= 4 is 23.7 Å². The molecule has 0 aromatic carbocycles. The summed E-state index contributed by atoms with van der Waals surface area (Å²) in [6.07, 6.45) is -4.75. The van der Waals surface area contributed by atoms with E-state index in [0.29, 0.717) is 11.1 Å². The molecule has 3 N–H and O–H groups in total. The highest BCUT2D eigenvalue weighted by Gasteiger charge is 2.85. The van der Waals surface area contributed by atoms with Gasteiger partial charge in [-0.15, -0.1) is 0 Å². The molecule has 39 heavy (non-hydrogen) atoms. The van der Waals surface area contributed by atoms with Gasteiger partial charge in [-0.2, -0.15) is 0 Å². The molecule has 2 saturated heterocycles. The van der Waals surface area contributed by atoms with Gasteiger partial charge in [0.25, 0.3) is 0 Å². The predicted molar refractivity (Wildman–Crippen MR) is 132 cm³/mol. The number of methoxy groups -OCH3 is 1. The van der Waals surface area contributed by atoms with Gasteiger partial charge in [-0.25, -0.2) is 14.4 Å². The minimum atomic E-state index is -2.22. The number of rotatable bonds is 4. The Morgan fingerprint density at radius 2 is 1.85 bits per heavy atom. The molecule has 1 unspecified atom stereocenters. The van der Waals surface area contributed by atoms with E-state index >= 15 is 0 Å². The summed E-state index contributed by atoms with van der Waals surface area (Å²) in [5.74, 6) is -6.26. The summed E-state index contributed by atoms with van der Waals surface area (Å²) >= 11 is 0. The van der Waals surface area contributed by atoms with Gasteiger partial charge in [0.15, 0.2) is 11.5 Å². The van der Waals surface area contributed by atoms with Crippen LogP contribution in [0.5, 0.6) is 0 Å². The minimum absolute atomic E-state index is 0.0302. The molecule has 2 aliphatic heterocycles. The fourth-order valence-electron chi connectivity index (χ4n) is 8.37. The molecule has 0 amide bonds. The first-order valence-electron chi connectivity index (χ1n) is 13.3. The molecule has 4 fully saturated rings. The molecule has 5 aliphatic rings. The van der Waals surface area contributed by atoms with E-state index in [1.165, 1.54) is 6.08 Å². The van der Waals surface area contributed by atoms with E-state index in [0.717, 1.165) is 7.11 Å². The number of hydrogen-bond acceptors (Lipinski definition) is 11. The molecule has 1 spiro atoms. The topological polar surface area (TPSA) is 166 Å². The lowest BCUT2D eigenvalue weighted by Gasteiger charge is -2.67. The summed E-state index contributed by atoms with van der Waals surface area (Å²) in [5, 5.41) is 33.7. The molecule has 0 aromatic rings. The number of aliphatic hydroxyl groups is 3. The fourth-order valence-corrected chi connectivity index (χ4v) is 8.37. The number of carbonyl (C=O) groups excluding carboxylic acids is 4. The Balaban J connectivity index is 1.71. The molecular weight excluding hydrogens is 512 g/mol. The molecule has 0 radical (unpaired) electrons. The van der Waals surface area contributed by atoms with E-state index in [1.54, 1.807) is 20.8 Å². The lowest BCUT2D eigenvalue weighted by atomic mass is 9.38. The number of allylic oxidation sites excluding steroid dienone is 3. The van der Waals surface area contributed by atoms with Crippen LogP contribution in [-0.2, 0) is 38.1 Å². The van der Waals surface area contributed by atoms with Gasteiger partial charge >= 0.3 is 17.9 Å². The van der Waals surface area contributed by atoms with Gasteiger partial charge in [0, 0.05) is 23.8 Å². The van der Waals surface area contributed by atoms with Crippen LogP contribution in [0.15, 0.2) is 23.0 Å². The van der Waals surface area contributed by atoms with Gasteiger partial charge < -0.3 is 34.3 Å². The SMILES string of the molecule is COC(=O)C12OC[C@]34[C@H]([C@@H](O)[C@@H]1O)[C@@]1(C)CC(=O)C(O)=C(C)[C@@H]1C[C@H]3OC(=O)[C@H](OC(=O)/C=C(\C)C(C)C)[C@@H]24. The predicted octanol–water partition coefficient (Wildman–Crippen LogP) is 1.15. The van der Waals surface area contributed by atoms with E-state index in [2.05, 4.69) is 0 Å². The van der Waals surface area contributed by atoms with Crippen molar-refractivity contribution in [3.05, 3.63) is 23.0 Å². The Morgan fingerprint density at radius 1 is 1.18 bits per heavy atom. The van der Waals surface area contributed by atoms with Crippen molar-refractivity contribution in [2.24, 2.45) is 34.5 Å². The molecule has 5 rings (SSSR count). The van der Waals surface area contributed by atoms with Crippen molar-refractivity contribution in [2.75, 3.05) is 13.7 Å². The van der Waals surface area contributed by atoms with Gasteiger partial charge in [-0.1, -0.05) is 26.3 Å². The first-order valence-corrected chi connectivity index (χ1v) is 13.3. The van der Waals surface area contributed by atoms with Gasteiger partial charge in [-0.3, -0.25) is 4.79 Å². The summed E-state index contributed by atoms with van der Waals surface area (Å²) in [4.78, 5) is 52.8. The third-order valence-electron chi connectivity index (χ3n) is 10.3. The zero-order valence-electron chi connectivity index (χ0n) is 22.9. The number of Topliss-reactive ketones (excluding diaryl/α,β-unsaturated/α-hetero) is 1. The molecule has 2 bridgehead atoms. The average Bonchev–Trinajstić information content (AvgIpc) is 3.18. The van der Waals surface area contributed by atoms with E-state index < -0.39 is 82.3 Å². The Kier molecular flexibility index (Phi) is 6.32. The molecule has 11 nitrogen and oxygen atoms in total. The third-order valence-corrected chi connectivity index (χ3v) is 10.3. The second kappa shape index (κ2) is 8.87. The van der Waals surface area contributed by atoms with E-state index in [4.69, 9.17) is 18.9 Å². The highest BCUT2D eigenvalue weighted by Crippen LogP contribution is 2.72. The fraction of sp³-hybridized carbons (Fsp3) is 0.714. The summed E-state index contributed by atoms with van der Waals surface area (Å²) in [5.41, 5.74) is -3.43.